The maximum absolute atomic E-state index is 10.9. The zero-order valence-corrected chi connectivity index (χ0v) is 9.20. The molecule has 1 rings (SSSR count). The van der Waals surface area contributed by atoms with Gasteiger partial charge in [0.15, 0.2) is 0 Å². The van der Waals surface area contributed by atoms with Crippen LogP contribution in [-0.4, -0.2) is 39.1 Å². The molecule has 0 aliphatic carbocycles. The van der Waals surface area contributed by atoms with E-state index >= 15 is 0 Å². The monoisotopic (exact) mass is 227 g/mol. The molecule has 0 radical (unpaired) electrons. The SMILES string of the molecule is CSCC[C@@H](Nc1ncccn1)C(=O)O. The van der Waals surface area contributed by atoms with Gasteiger partial charge in [0.05, 0.1) is 0 Å². The molecular formula is C9H13N3O2S. The average molecular weight is 227 g/mol. The molecule has 5 nitrogen and oxygen atoms in total. The number of aliphatic carboxylic acids is 1. The van der Waals surface area contributed by atoms with Crippen molar-refractivity contribution in [2.45, 2.75) is 12.5 Å². The Morgan fingerprint density at radius 2 is 2.27 bits per heavy atom. The van der Waals surface area contributed by atoms with E-state index in [9.17, 15) is 4.79 Å². The van der Waals surface area contributed by atoms with Crippen molar-refractivity contribution in [1.29, 1.82) is 0 Å². The van der Waals surface area contributed by atoms with Crippen LogP contribution in [0.15, 0.2) is 18.5 Å². The summed E-state index contributed by atoms with van der Waals surface area (Å²) in [6, 6.07) is 1.06. The second kappa shape index (κ2) is 6.23. The van der Waals surface area contributed by atoms with Gasteiger partial charge < -0.3 is 10.4 Å². The molecule has 0 spiro atoms. The highest BCUT2D eigenvalue weighted by Crippen LogP contribution is 2.06. The second-order valence-corrected chi connectivity index (χ2v) is 3.87. The Hall–Kier alpha value is -1.30. The van der Waals surface area contributed by atoms with Crippen LogP contribution in [0.25, 0.3) is 0 Å². The zero-order chi connectivity index (χ0) is 11.1. The van der Waals surface area contributed by atoms with Gasteiger partial charge in [-0.3, -0.25) is 0 Å². The first-order valence-electron chi connectivity index (χ1n) is 4.49. The molecular weight excluding hydrogens is 214 g/mol. The van der Waals surface area contributed by atoms with Crippen molar-refractivity contribution in [2.24, 2.45) is 0 Å². The zero-order valence-electron chi connectivity index (χ0n) is 8.38. The van der Waals surface area contributed by atoms with Crippen molar-refractivity contribution in [2.75, 3.05) is 17.3 Å². The maximum atomic E-state index is 10.9. The van der Waals surface area contributed by atoms with Crippen LogP contribution >= 0.6 is 11.8 Å². The predicted molar refractivity (Wildman–Crippen MR) is 60.1 cm³/mol. The Labute approximate surface area is 92.3 Å². The van der Waals surface area contributed by atoms with E-state index in [1.807, 2.05) is 6.26 Å². The number of hydrogen-bond acceptors (Lipinski definition) is 5. The van der Waals surface area contributed by atoms with Gasteiger partial charge in [0.1, 0.15) is 6.04 Å². The fraction of sp³-hybridized carbons (Fsp3) is 0.444. The van der Waals surface area contributed by atoms with Crippen molar-refractivity contribution in [3.63, 3.8) is 0 Å². The number of nitrogens with zero attached hydrogens (tertiary/aromatic N) is 2. The van der Waals surface area contributed by atoms with Gasteiger partial charge in [-0.2, -0.15) is 11.8 Å². The lowest BCUT2D eigenvalue weighted by molar-refractivity contribution is -0.137. The lowest BCUT2D eigenvalue weighted by Gasteiger charge is -2.12. The first-order chi connectivity index (χ1) is 7.24. The largest absolute Gasteiger partial charge is 0.480 e. The number of carbonyl (C=O) groups is 1. The number of carboxylic acid groups (broad SMARTS) is 1. The Morgan fingerprint density at radius 1 is 1.60 bits per heavy atom. The average Bonchev–Trinajstić information content (AvgIpc) is 2.25. The molecule has 82 valence electrons. The third kappa shape index (κ3) is 4.16. The van der Waals surface area contributed by atoms with Gasteiger partial charge in [0.25, 0.3) is 0 Å². The number of rotatable bonds is 6. The van der Waals surface area contributed by atoms with Crippen molar-refractivity contribution < 1.29 is 9.90 Å². The van der Waals surface area contributed by atoms with E-state index in [1.165, 1.54) is 0 Å². The van der Waals surface area contributed by atoms with Crippen molar-refractivity contribution in [3.8, 4) is 0 Å². The Bertz CT molecular complexity index is 307. The van der Waals surface area contributed by atoms with E-state index in [0.717, 1.165) is 5.75 Å². The molecule has 0 aliphatic rings. The molecule has 0 unspecified atom stereocenters. The minimum atomic E-state index is -0.878. The maximum Gasteiger partial charge on any atom is 0.326 e. The summed E-state index contributed by atoms with van der Waals surface area (Å²) in [5.74, 6) is 0.263. The first kappa shape index (κ1) is 11.8. The van der Waals surface area contributed by atoms with Crippen molar-refractivity contribution >= 4 is 23.7 Å². The molecule has 1 aromatic heterocycles. The van der Waals surface area contributed by atoms with E-state index < -0.39 is 12.0 Å². The quantitative estimate of drug-likeness (QED) is 0.758. The van der Waals surface area contributed by atoms with E-state index in [0.29, 0.717) is 12.4 Å². The number of hydrogen-bond donors (Lipinski definition) is 2. The molecule has 1 aromatic rings. The number of thioether (sulfide) groups is 1. The third-order valence-electron chi connectivity index (χ3n) is 1.78. The van der Waals surface area contributed by atoms with E-state index in [4.69, 9.17) is 5.11 Å². The highest BCUT2D eigenvalue weighted by Gasteiger charge is 2.17. The lowest BCUT2D eigenvalue weighted by Crippen LogP contribution is -2.30. The molecule has 1 atom stereocenters. The van der Waals surface area contributed by atoms with Crippen LogP contribution in [0.4, 0.5) is 5.95 Å². The van der Waals surface area contributed by atoms with Gasteiger partial charge in [-0.15, -0.1) is 0 Å². The van der Waals surface area contributed by atoms with E-state index in [2.05, 4.69) is 15.3 Å². The van der Waals surface area contributed by atoms with Crippen LogP contribution in [0.2, 0.25) is 0 Å². The summed E-state index contributed by atoms with van der Waals surface area (Å²) in [6.07, 6.45) is 5.64. The van der Waals surface area contributed by atoms with Crippen molar-refractivity contribution in [3.05, 3.63) is 18.5 Å². The molecule has 0 saturated carbocycles. The van der Waals surface area contributed by atoms with Crippen LogP contribution in [0.3, 0.4) is 0 Å². The number of nitrogens with one attached hydrogen (secondary N) is 1. The molecule has 15 heavy (non-hydrogen) atoms. The number of carboxylic acids is 1. The van der Waals surface area contributed by atoms with Gasteiger partial charge in [0, 0.05) is 12.4 Å². The van der Waals surface area contributed by atoms with Crippen LogP contribution in [0.1, 0.15) is 6.42 Å². The smallest absolute Gasteiger partial charge is 0.326 e. The third-order valence-corrected chi connectivity index (χ3v) is 2.42. The van der Waals surface area contributed by atoms with Crippen LogP contribution in [0.5, 0.6) is 0 Å². The van der Waals surface area contributed by atoms with E-state index in [1.54, 1.807) is 30.2 Å². The normalized spacial score (nSPS) is 12.1. The summed E-state index contributed by atoms with van der Waals surface area (Å²) in [6.45, 7) is 0. The van der Waals surface area contributed by atoms with Crippen LogP contribution in [-0.2, 0) is 4.79 Å². The molecule has 0 aromatic carbocycles. The Balaban J connectivity index is 2.55. The van der Waals surface area contributed by atoms with E-state index in [-0.39, 0.29) is 0 Å². The number of anilines is 1. The van der Waals surface area contributed by atoms with Gasteiger partial charge in [0.2, 0.25) is 5.95 Å². The first-order valence-corrected chi connectivity index (χ1v) is 5.88. The fourth-order valence-corrected chi connectivity index (χ4v) is 1.49. The highest BCUT2D eigenvalue weighted by atomic mass is 32.2. The minimum absolute atomic E-state index is 0.353. The van der Waals surface area contributed by atoms with Crippen LogP contribution in [0, 0.1) is 0 Å². The number of aromatic nitrogens is 2. The van der Waals surface area contributed by atoms with Crippen molar-refractivity contribution in [1.82, 2.24) is 9.97 Å². The molecule has 2 N–H and O–H groups in total. The summed E-state index contributed by atoms with van der Waals surface area (Å²) >= 11 is 1.61. The predicted octanol–water partition coefficient (Wildman–Crippen LogP) is 1.09. The second-order valence-electron chi connectivity index (χ2n) is 2.89. The fourth-order valence-electron chi connectivity index (χ4n) is 1.02. The standard InChI is InChI=1S/C9H13N3O2S/c1-15-6-3-7(8(13)14)12-9-10-4-2-5-11-9/h2,4-5,7H,3,6H2,1H3,(H,13,14)(H,10,11,12)/t7-/m1/s1. The molecule has 0 saturated heterocycles. The Kier molecular flexibility index (Phi) is 4.89. The van der Waals surface area contributed by atoms with Gasteiger partial charge in [-0.05, 0) is 24.5 Å². The summed E-state index contributed by atoms with van der Waals surface area (Å²) in [7, 11) is 0. The molecule has 6 heteroatoms. The minimum Gasteiger partial charge on any atom is -0.480 e. The van der Waals surface area contributed by atoms with Gasteiger partial charge >= 0.3 is 5.97 Å². The molecule has 0 aliphatic heterocycles. The van der Waals surface area contributed by atoms with Gasteiger partial charge in [-0.1, -0.05) is 0 Å². The summed E-state index contributed by atoms with van der Waals surface area (Å²) in [4.78, 5) is 18.7. The summed E-state index contributed by atoms with van der Waals surface area (Å²) in [5.41, 5.74) is 0. The summed E-state index contributed by atoms with van der Waals surface area (Å²) in [5, 5.41) is 11.7. The molecule has 1 heterocycles. The highest BCUT2D eigenvalue weighted by molar-refractivity contribution is 7.98. The molecule has 0 fully saturated rings. The van der Waals surface area contributed by atoms with Crippen LogP contribution < -0.4 is 5.32 Å². The lowest BCUT2D eigenvalue weighted by atomic mass is 10.2. The Morgan fingerprint density at radius 3 is 2.80 bits per heavy atom. The summed E-state index contributed by atoms with van der Waals surface area (Å²) < 4.78 is 0. The van der Waals surface area contributed by atoms with Gasteiger partial charge in [-0.25, -0.2) is 14.8 Å². The molecule has 0 amide bonds. The molecule has 0 bridgehead atoms. The topological polar surface area (TPSA) is 75.1 Å².